The predicted molar refractivity (Wildman–Crippen MR) is 47.3 cm³/mol. The first-order valence-electron chi connectivity index (χ1n) is 3.94. The van der Waals surface area contributed by atoms with Gasteiger partial charge in [0, 0.05) is 6.42 Å². The van der Waals surface area contributed by atoms with Crippen LogP contribution in [0.15, 0.2) is 29.4 Å². The van der Waals surface area contributed by atoms with Crippen LogP contribution in [0.2, 0.25) is 0 Å². The van der Waals surface area contributed by atoms with Crippen molar-refractivity contribution in [3.8, 4) is 0 Å². The zero-order valence-electron chi connectivity index (χ0n) is 7.18. The van der Waals surface area contributed by atoms with Gasteiger partial charge in [-0.3, -0.25) is 0 Å². The Balaban J connectivity index is 2.82. The first-order valence-corrected chi connectivity index (χ1v) is 3.94. The normalized spacial score (nSPS) is 12.1. The van der Waals surface area contributed by atoms with Gasteiger partial charge in [0.1, 0.15) is 5.82 Å². The SMILES string of the molecule is O=NC(Cc1ccccc1F)C(=O)O. The maximum absolute atomic E-state index is 13.0. The molecule has 0 heterocycles. The van der Waals surface area contributed by atoms with Crippen LogP contribution in [0, 0.1) is 10.7 Å². The minimum Gasteiger partial charge on any atom is -0.480 e. The molecule has 0 aromatic heterocycles. The molecule has 0 amide bonds. The second-order valence-corrected chi connectivity index (χ2v) is 2.75. The van der Waals surface area contributed by atoms with Crippen LogP contribution >= 0.6 is 0 Å². The highest BCUT2D eigenvalue weighted by molar-refractivity contribution is 5.74. The molecule has 0 saturated carbocycles. The lowest BCUT2D eigenvalue weighted by Crippen LogP contribution is -2.20. The molecule has 1 aromatic rings. The summed E-state index contributed by atoms with van der Waals surface area (Å²) in [7, 11) is 0. The van der Waals surface area contributed by atoms with E-state index in [2.05, 4.69) is 5.18 Å². The third-order valence-electron chi connectivity index (χ3n) is 1.78. The Morgan fingerprint density at radius 3 is 2.64 bits per heavy atom. The number of nitroso groups, excluding NO2 is 1. The standard InChI is InChI=1S/C9H8FNO3/c10-7-4-2-1-3-6(7)5-8(11-14)9(12)13/h1-4,8H,5H2,(H,12,13). The third-order valence-corrected chi connectivity index (χ3v) is 1.78. The van der Waals surface area contributed by atoms with Crippen LogP contribution in [-0.4, -0.2) is 17.1 Å². The average molecular weight is 197 g/mol. The van der Waals surface area contributed by atoms with E-state index in [0.717, 1.165) is 0 Å². The number of hydrogen-bond acceptors (Lipinski definition) is 3. The molecular formula is C9H8FNO3. The molecule has 0 radical (unpaired) electrons. The lowest BCUT2D eigenvalue weighted by Gasteiger charge is -2.04. The molecule has 14 heavy (non-hydrogen) atoms. The number of carbonyl (C=O) groups is 1. The molecule has 1 atom stereocenters. The Morgan fingerprint density at radius 2 is 2.14 bits per heavy atom. The molecule has 1 aromatic carbocycles. The van der Waals surface area contributed by atoms with Gasteiger partial charge in [-0.15, -0.1) is 4.91 Å². The smallest absolute Gasteiger partial charge is 0.332 e. The first kappa shape index (κ1) is 10.3. The van der Waals surface area contributed by atoms with Gasteiger partial charge in [-0.05, 0) is 11.6 Å². The van der Waals surface area contributed by atoms with Gasteiger partial charge in [0.15, 0.2) is 6.04 Å². The van der Waals surface area contributed by atoms with Crippen molar-refractivity contribution in [2.45, 2.75) is 12.5 Å². The lowest BCUT2D eigenvalue weighted by atomic mass is 10.1. The molecule has 1 unspecified atom stereocenters. The van der Waals surface area contributed by atoms with Gasteiger partial charge in [0.2, 0.25) is 0 Å². The van der Waals surface area contributed by atoms with Crippen LogP contribution in [-0.2, 0) is 11.2 Å². The van der Waals surface area contributed by atoms with E-state index in [1.54, 1.807) is 6.07 Å². The minimum atomic E-state index is -1.42. The quantitative estimate of drug-likeness (QED) is 0.745. The second-order valence-electron chi connectivity index (χ2n) is 2.75. The second kappa shape index (κ2) is 4.45. The van der Waals surface area contributed by atoms with Gasteiger partial charge in [-0.1, -0.05) is 23.4 Å². The third kappa shape index (κ3) is 2.35. The highest BCUT2D eigenvalue weighted by Crippen LogP contribution is 2.10. The van der Waals surface area contributed by atoms with Crippen LogP contribution in [0.1, 0.15) is 5.56 Å². The Kier molecular flexibility index (Phi) is 3.28. The Labute approximate surface area is 79.3 Å². The van der Waals surface area contributed by atoms with Crippen LogP contribution in [0.4, 0.5) is 4.39 Å². The first-order chi connectivity index (χ1) is 6.65. The van der Waals surface area contributed by atoms with Gasteiger partial charge in [0.25, 0.3) is 0 Å². The average Bonchev–Trinajstić information content (AvgIpc) is 2.16. The van der Waals surface area contributed by atoms with E-state index in [9.17, 15) is 14.1 Å². The minimum absolute atomic E-state index is 0.180. The van der Waals surface area contributed by atoms with Crippen LogP contribution < -0.4 is 0 Å². The molecule has 0 saturated heterocycles. The van der Waals surface area contributed by atoms with Gasteiger partial charge < -0.3 is 5.11 Å². The van der Waals surface area contributed by atoms with E-state index in [4.69, 9.17) is 5.11 Å². The number of halogens is 1. The van der Waals surface area contributed by atoms with Crippen molar-refractivity contribution in [3.63, 3.8) is 0 Å². The molecular weight excluding hydrogens is 189 g/mol. The molecule has 0 fully saturated rings. The Hall–Kier alpha value is -1.78. The number of benzene rings is 1. The summed E-state index contributed by atoms with van der Waals surface area (Å²) >= 11 is 0. The van der Waals surface area contributed by atoms with Crippen molar-refractivity contribution in [1.82, 2.24) is 0 Å². The summed E-state index contributed by atoms with van der Waals surface area (Å²) in [5.41, 5.74) is 0.180. The monoisotopic (exact) mass is 197 g/mol. The van der Waals surface area contributed by atoms with E-state index >= 15 is 0 Å². The van der Waals surface area contributed by atoms with Gasteiger partial charge in [-0.25, -0.2) is 9.18 Å². The fourth-order valence-corrected chi connectivity index (χ4v) is 1.04. The largest absolute Gasteiger partial charge is 0.480 e. The maximum Gasteiger partial charge on any atom is 0.332 e. The maximum atomic E-state index is 13.0. The summed E-state index contributed by atoms with van der Waals surface area (Å²) in [4.78, 5) is 20.5. The van der Waals surface area contributed by atoms with Crippen molar-refractivity contribution in [2.24, 2.45) is 5.18 Å². The molecule has 5 heteroatoms. The van der Waals surface area contributed by atoms with Crippen molar-refractivity contribution < 1.29 is 14.3 Å². The summed E-state index contributed by atoms with van der Waals surface area (Å²) in [6.45, 7) is 0. The van der Waals surface area contributed by atoms with Gasteiger partial charge >= 0.3 is 5.97 Å². The Morgan fingerprint density at radius 1 is 1.50 bits per heavy atom. The zero-order chi connectivity index (χ0) is 10.6. The molecule has 1 rings (SSSR count). The topological polar surface area (TPSA) is 66.7 Å². The van der Waals surface area contributed by atoms with Crippen molar-refractivity contribution in [1.29, 1.82) is 0 Å². The number of aliphatic carboxylic acids is 1. The summed E-state index contributed by atoms with van der Waals surface area (Å²) in [5.74, 6) is -1.87. The number of hydrogen-bond donors (Lipinski definition) is 1. The molecule has 1 N–H and O–H groups in total. The van der Waals surface area contributed by atoms with E-state index in [1.807, 2.05) is 0 Å². The van der Waals surface area contributed by atoms with E-state index in [-0.39, 0.29) is 12.0 Å². The van der Waals surface area contributed by atoms with Crippen LogP contribution in [0.5, 0.6) is 0 Å². The summed E-state index contributed by atoms with van der Waals surface area (Å²) in [6, 6.07) is 4.27. The van der Waals surface area contributed by atoms with Crippen molar-refractivity contribution in [2.75, 3.05) is 0 Å². The fourth-order valence-electron chi connectivity index (χ4n) is 1.04. The zero-order valence-corrected chi connectivity index (χ0v) is 7.18. The van der Waals surface area contributed by atoms with E-state index < -0.39 is 17.8 Å². The molecule has 0 bridgehead atoms. The molecule has 4 nitrogen and oxygen atoms in total. The fraction of sp³-hybridized carbons (Fsp3) is 0.222. The van der Waals surface area contributed by atoms with Crippen LogP contribution in [0.25, 0.3) is 0 Å². The molecule has 0 spiro atoms. The van der Waals surface area contributed by atoms with Gasteiger partial charge in [0.05, 0.1) is 0 Å². The van der Waals surface area contributed by atoms with Crippen molar-refractivity contribution >= 4 is 5.97 Å². The summed E-state index contributed by atoms with van der Waals surface area (Å²) in [6.07, 6.45) is -0.217. The summed E-state index contributed by atoms with van der Waals surface area (Å²) < 4.78 is 13.0. The number of carboxylic acid groups (broad SMARTS) is 1. The molecule has 74 valence electrons. The molecule has 0 aliphatic carbocycles. The number of rotatable bonds is 4. The Bertz CT molecular complexity index is 354. The summed E-state index contributed by atoms with van der Waals surface area (Å²) in [5, 5.41) is 10.9. The number of nitrogens with zero attached hydrogens (tertiary/aromatic N) is 1. The van der Waals surface area contributed by atoms with Crippen molar-refractivity contribution in [3.05, 3.63) is 40.6 Å². The van der Waals surface area contributed by atoms with E-state index in [1.165, 1.54) is 18.2 Å². The molecule has 0 aliphatic rings. The van der Waals surface area contributed by atoms with Gasteiger partial charge in [-0.2, -0.15) is 0 Å². The highest BCUT2D eigenvalue weighted by atomic mass is 19.1. The number of carboxylic acids is 1. The lowest BCUT2D eigenvalue weighted by molar-refractivity contribution is -0.138. The molecule has 0 aliphatic heterocycles. The van der Waals surface area contributed by atoms with E-state index in [0.29, 0.717) is 0 Å². The van der Waals surface area contributed by atoms with Crippen LogP contribution in [0.3, 0.4) is 0 Å². The predicted octanol–water partition coefficient (Wildman–Crippen LogP) is 1.59. The highest BCUT2D eigenvalue weighted by Gasteiger charge is 2.19.